The van der Waals surface area contributed by atoms with Crippen LogP contribution in [0.1, 0.15) is 84.3 Å². The summed E-state index contributed by atoms with van der Waals surface area (Å²) >= 11 is 1.47. The molecule has 2 saturated carbocycles. The lowest BCUT2D eigenvalue weighted by atomic mass is 9.97. The summed E-state index contributed by atoms with van der Waals surface area (Å²) in [6, 6.07) is 4.27. The van der Waals surface area contributed by atoms with Gasteiger partial charge in [0.05, 0.1) is 17.1 Å². The van der Waals surface area contributed by atoms with Gasteiger partial charge >= 0.3 is 0 Å². The number of nitrogens with one attached hydrogen (secondary N) is 4. The van der Waals surface area contributed by atoms with Crippen molar-refractivity contribution in [2.45, 2.75) is 103 Å². The fourth-order valence-corrected chi connectivity index (χ4v) is 8.27. The molecule has 0 radical (unpaired) electrons. The maximum Gasteiger partial charge on any atom is 0.294 e. The number of hydrogen-bond donors (Lipinski definition) is 4. The zero-order chi connectivity index (χ0) is 34.1. The lowest BCUT2D eigenvalue weighted by Crippen LogP contribution is -2.55. The molecule has 4 amide bonds. The van der Waals surface area contributed by atoms with E-state index < -0.39 is 35.7 Å². The van der Waals surface area contributed by atoms with Gasteiger partial charge in [-0.15, -0.1) is 11.3 Å². The van der Waals surface area contributed by atoms with Gasteiger partial charge in [0.2, 0.25) is 23.5 Å². The number of thiazole rings is 1. The van der Waals surface area contributed by atoms with E-state index in [0.717, 1.165) is 37.8 Å². The topological polar surface area (TPSA) is 150 Å². The number of amides is 4. The van der Waals surface area contributed by atoms with Gasteiger partial charge < -0.3 is 26.2 Å². The van der Waals surface area contributed by atoms with Crippen LogP contribution in [0.2, 0.25) is 0 Å². The largest absolute Gasteiger partial charge is 0.350 e. The van der Waals surface area contributed by atoms with Crippen molar-refractivity contribution in [2.24, 2.45) is 16.7 Å². The molecule has 2 aromatic rings. The maximum atomic E-state index is 14.3. The SMILES string of the molecule is CCc1csc(NC(C(=O)N2CC3(C[C@H]2C(=O)N[C@@H]2CC=CCCCCC(=O)Nc4ccccc4NC(=O)C2=O)CC32CC2)C(C)C)n1. The van der Waals surface area contributed by atoms with Crippen LogP contribution in [0, 0.1) is 16.7 Å². The molecule has 2 unspecified atom stereocenters. The zero-order valence-corrected chi connectivity index (χ0v) is 28.8. The second-order valence-corrected chi connectivity index (χ2v) is 15.1. The summed E-state index contributed by atoms with van der Waals surface area (Å²) in [5.41, 5.74) is 1.80. The number of likely N-dealkylation sites (tertiary alicyclic amines) is 1. The summed E-state index contributed by atoms with van der Waals surface area (Å²) in [7, 11) is 0. The fourth-order valence-electron chi connectivity index (χ4n) is 7.43. The second-order valence-electron chi connectivity index (χ2n) is 14.2. The van der Waals surface area contributed by atoms with Crippen molar-refractivity contribution < 1.29 is 24.0 Å². The van der Waals surface area contributed by atoms with Crippen molar-refractivity contribution in [1.82, 2.24) is 15.2 Å². The third-order valence-electron chi connectivity index (χ3n) is 10.5. The predicted molar refractivity (Wildman–Crippen MR) is 185 cm³/mol. The number of rotatable bonds is 7. The minimum Gasteiger partial charge on any atom is -0.350 e. The quantitative estimate of drug-likeness (QED) is 0.237. The van der Waals surface area contributed by atoms with Crippen molar-refractivity contribution in [3.05, 3.63) is 47.5 Å². The lowest BCUT2D eigenvalue weighted by molar-refractivity contribution is -0.141. The highest BCUT2D eigenvalue weighted by Crippen LogP contribution is 2.81. The Morgan fingerprint density at radius 1 is 1.06 bits per heavy atom. The number of hydrogen-bond acceptors (Lipinski definition) is 8. The molecule has 4 N–H and O–H groups in total. The average molecular weight is 675 g/mol. The molecule has 3 fully saturated rings. The molecule has 1 aromatic carbocycles. The van der Waals surface area contributed by atoms with Gasteiger partial charge in [-0.05, 0) is 86.7 Å². The standard InChI is InChI=1S/C36H46N6O5S/c1-4-23-19-48-34(37-23)41-29(22(2)3)33(47)42-21-36(20-35(36)16-17-35)18-27(42)31(45)40-26-14-8-6-5-7-9-15-28(43)38-24-12-10-11-13-25(24)39-32(46)30(26)44/h6,8,10-13,19,22,26-27,29H,4-5,7,9,14-18,20-21H2,1-3H3,(H,37,41)(H,38,43)(H,39,46)(H,40,45)/t26-,27+,29?,36?/m1/s1. The number of para-hydroxylation sites is 2. The molecule has 6 rings (SSSR count). The number of benzene rings is 1. The molecule has 4 aliphatic rings. The highest BCUT2D eigenvalue weighted by molar-refractivity contribution is 7.13. The minimum atomic E-state index is -1.12. The molecule has 12 heteroatoms. The Bertz CT molecular complexity index is 1610. The van der Waals surface area contributed by atoms with Crippen molar-refractivity contribution >= 4 is 57.3 Å². The van der Waals surface area contributed by atoms with Crippen LogP contribution in [-0.4, -0.2) is 64.0 Å². The molecule has 11 nitrogen and oxygen atoms in total. The maximum absolute atomic E-state index is 14.3. The molecule has 3 heterocycles. The predicted octanol–water partition coefficient (Wildman–Crippen LogP) is 5.06. The van der Waals surface area contributed by atoms with E-state index >= 15 is 0 Å². The van der Waals surface area contributed by atoms with E-state index in [1.165, 1.54) is 11.3 Å². The first-order chi connectivity index (χ1) is 23.0. The van der Waals surface area contributed by atoms with E-state index in [0.29, 0.717) is 48.7 Å². The number of anilines is 3. The van der Waals surface area contributed by atoms with Crippen molar-refractivity contribution in [2.75, 3.05) is 22.5 Å². The summed E-state index contributed by atoms with van der Waals surface area (Å²) in [5.74, 6) is -2.49. The minimum absolute atomic E-state index is 0.0623. The van der Waals surface area contributed by atoms with Crippen molar-refractivity contribution in [3.63, 3.8) is 0 Å². The summed E-state index contributed by atoms with van der Waals surface area (Å²) in [5, 5.41) is 14.4. The first kappa shape index (κ1) is 33.8. The van der Waals surface area contributed by atoms with E-state index in [-0.39, 0.29) is 35.0 Å². The number of aromatic nitrogens is 1. The van der Waals surface area contributed by atoms with Crippen LogP contribution in [0.5, 0.6) is 0 Å². The Balaban J connectivity index is 1.22. The zero-order valence-electron chi connectivity index (χ0n) is 28.0. The average Bonchev–Trinajstić information content (AvgIpc) is 3.82. The number of ketones is 1. The molecule has 2 aliphatic heterocycles. The Hall–Kier alpha value is -4.06. The van der Waals surface area contributed by atoms with Crippen LogP contribution in [-0.2, 0) is 30.4 Å². The molecule has 1 saturated heterocycles. The molecule has 256 valence electrons. The summed E-state index contributed by atoms with van der Waals surface area (Å²) in [6.07, 6.45) is 10.9. The van der Waals surface area contributed by atoms with Crippen LogP contribution in [0.4, 0.5) is 16.5 Å². The van der Waals surface area contributed by atoms with Gasteiger partial charge in [0.25, 0.3) is 5.91 Å². The molecular weight excluding hydrogens is 629 g/mol. The number of aryl methyl sites for hydroxylation is 1. The molecule has 48 heavy (non-hydrogen) atoms. The normalized spacial score (nSPS) is 25.9. The summed E-state index contributed by atoms with van der Waals surface area (Å²) in [6.45, 7) is 6.51. The fraction of sp³-hybridized carbons (Fsp3) is 0.556. The third kappa shape index (κ3) is 7.04. The third-order valence-corrected chi connectivity index (χ3v) is 11.4. The Morgan fingerprint density at radius 2 is 1.81 bits per heavy atom. The van der Waals surface area contributed by atoms with Crippen LogP contribution in [0.15, 0.2) is 41.8 Å². The number of fused-ring (bicyclic) bond motifs is 2. The molecule has 1 aromatic heterocycles. The monoisotopic (exact) mass is 674 g/mol. The first-order valence-corrected chi connectivity index (χ1v) is 18.1. The van der Waals surface area contributed by atoms with E-state index in [9.17, 15) is 24.0 Å². The van der Waals surface area contributed by atoms with Crippen LogP contribution < -0.4 is 21.3 Å². The van der Waals surface area contributed by atoms with Gasteiger partial charge in [0.15, 0.2) is 5.13 Å². The van der Waals surface area contributed by atoms with Gasteiger partial charge in [-0.2, -0.15) is 0 Å². The highest BCUT2D eigenvalue weighted by Gasteiger charge is 2.77. The Labute approximate surface area is 285 Å². The smallest absolute Gasteiger partial charge is 0.294 e. The Morgan fingerprint density at radius 3 is 2.48 bits per heavy atom. The summed E-state index contributed by atoms with van der Waals surface area (Å²) in [4.78, 5) is 74.3. The van der Waals surface area contributed by atoms with Crippen LogP contribution >= 0.6 is 11.3 Å². The van der Waals surface area contributed by atoms with Gasteiger partial charge in [0, 0.05) is 18.3 Å². The van der Waals surface area contributed by atoms with Gasteiger partial charge in [0.1, 0.15) is 18.1 Å². The van der Waals surface area contributed by atoms with Crippen molar-refractivity contribution in [1.29, 1.82) is 0 Å². The highest BCUT2D eigenvalue weighted by atomic mass is 32.1. The van der Waals surface area contributed by atoms with E-state index in [1.807, 2.05) is 32.2 Å². The Kier molecular flexibility index (Phi) is 9.74. The van der Waals surface area contributed by atoms with Crippen LogP contribution in [0.25, 0.3) is 0 Å². The second kappa shape index (κ2) is 13.8. The molecule has 4 atom stereocenters. The summed E-state index contributed by atoms with van der Waals surface area (Å²) < 4.78 is 0. The molecule has 2 aliphatic carbocycles. The molecular formula is C36H46N6O5S. The van der Waals surface area contributed by atoms with Gasteiger partial charge in [-0.3, -0.25) is 24.0 Å². The molecule has 0 bridgehead atoms. The van der Waals surface area contributed by atoms with E-state index in [1.54, 1.807) is 35.2 Å². The van der Waals surface area contributed by atoms with E-state index in [2.05, 4.69) is 26.3 Å². The first-order valence-electron chi connectivity index (χ1n) is 17.3. The number of carbonyl (C=O) groups is 5. The number of Topliss-reactive ketones (excluding diaryl/α,β-unsaturated/α-hetero) is 1. The van der Waals surface area contributed by atoms with Crippen LogP contribution in [0.3, 0.4) is 0 Å². The van der Waals surface area contributed by atoms with Gasteiger partial charge in [-0.25, -0.2) is 4.98 Å². The van der Waals surface area contributed by atoms with Gasteiger partial charge in [-0.1, -0.05) is 45.1 Å². The number of allylic oxidation sites excluding steroid dienone is 1. The van der Waals surface area contributed by atoms with Crippen molar-refractivity contribution in [3.8, 4) is 0 Å². The lowest BCUT2D eigenvalue weighted by Gasteiger charge is -2.31. The van der Waals surface area contributed by atoms with E-state index in [4.69, 9.17) is 0 Å². The molecule has 2 spiro atoms. The number of nitrogens with zero attached hydrogens (tertiary/aromatic N) is 2. The number of carbonyl (C=O) groups excluding carboxylic acids is 5.